The Hall–Kier alpha value is -2.10. The van der Waals surface area contributed by atoms with Crippen molar-refractivity contribution in [2.24, 2.45) is 0 Å². The van der Waals surface area contributed by atoms with Gasteiger partial charge in [-0.15, -0.1) is 0 Å². The number of anilines is 3. The molecule has 104 valence electrons. The van der Waals surface area contributed by atoms with E-state index in [1.54, 1.807) is 0 Å². The summed E-state index contributed by atoms with van der Waals surface area (Å²) < 4.78 is 0. The van der Waals surface area contributed by atoms with Crippen LogP contribution in [-0.4, -0.2) is 23.1 Å². The highest BCUT2D eigenvalue weighted by atomic mass is 15.3. The first-order valence-electron chi connectivity index (χ1n) is 7.24. The molecular formula is C16H20N4. The summed E-state index contributed by atoms with van der Waals surface area (Å²) in [6.45, 7) is 4.15. The molecule has 1 N–H and O–H groups in total. The van der Waals surface area contributed by atoms with Crippen molar-refractivity contribution in [3.8, 4) is 0 Å². The molecule has 0 radical (unpaired) electrons. The lowest BCUT2D eigenvalue weighted by Crippen LogP contribution is -2.31. The molecule has 0 atom stereocenters. The topological polar surface area (TPSA) is 41.1 Å². The molecule has 2 aromatic rings. The third kappa shape index (κ3) is 3.07. The molecule has 0 amide bonds. The van der Waals surface area contributed by atoms with Gasteiger partial charge in [-0.2, -0.15) is 4.98 Å². The number of nitrogens with zero attached hydrogens (tertiary/aromatic N) is 3. The predicted octanol–water partition coefficient (Wildman–Crippen LogP) is 3.52. The SMILES string of the molecule is Cc1cc(Nc2ccccc2)nc(N2CCCCC2)n1. The minimum absolute atomic E-state index is 0.850. The summed E-state index contributed by atoms with van der Waals surface area (Å²) >= 11 is 0. The van der Waals surface area contributed by atoms with Gasteiger partial charge in [0.1, 0.15) is 5.82 Å². The largest absolute Gasteiger partial charge is 0.341 e. The summed E-state index contributed by atoms with van der Waals surface area (Å²) in [6, 6.07) is 12.1. The molecule has 1 saturated heterocycles. The van der Waals surface area contributed by atoms with Crippen molar-refractivity contribution in [2.45, 2.75) is 26.2 Å². The molecule has 1 aromatic carbocycles. The molecule has 1 fully saturated rings. The van der Waals surface area contributed by atoms with Gasteiger partial charge in [0.25, 0.3) is 0 Å². The van der Waals surface area contributed by atoms with Gasteiger partial charge in [0.15, 0.2) is 0 Å². The lowest BCUT2D eigenvalue weighted by atomic mass is 10.1. The highest BCUT2D eigenvalue weighted by molar-refractivity contribution is 5.57. The first-order valence-corrected chi connectivity index (χ1v) is 7.24. The fraction of sp³-hybridized carbons (Fsp3) is 0.375. The lowest BCUT2D eigenvalue weighted by molar-refractivity contribution is 0.568. The Morgan fingerprint density at radius 2 is 1.75 bits per heavy atom. The van der Waals surface area contributed by atoms with Crippen molar-refractivity contribution in [2.75, 3.05) is 23.3 Å². The van der Waals surface area contributed by atoms with E-state index in [1.165, 1.54) is 19.3 Å². The van der Waals surface area contributed by atoms with Crippen molar-refractivity contribution in [3.63, 3.8) is 0 Å². The fourth-order valence-corrected chi connectivity index (χ4v) is 2.52. The van der Waals surface area contributed by atoms with Crippen LogP contribution in [0.5, 0.6) is 0 Å². The molecule has 4 nitrogen and oxygen atoms in total. The highest BCUT2D eigenvalue weighted by Gasteiger charge is 2.14. The molecule has 0 unspecified atom stereocenters. The number of aryl methyl sites for hydroxylation is 1. The zero-order valence-electron chi connectivity index (χ0n) is 11.8. The maximum absolute atomic E-state index is 4.66. The minimum atomic E-state index is 0.850. The molecule has 0 spiro atoms. The number of rotatable bonds is 3. The number of nitrogens with one attached hydrogen (secondary N) is 1. The Morgan fingerprint density at radius 1 is 1.00 bits per heavy atom. The van der Waals surface area contributed by atoms with Crippen molar-refractivity contribution in [1.82, 2.24) is 9.97 Å². The average molecular weight is 268 g/mol. The van der Waals surface area contributed by atoms with Crippen LogP contribution in [0.25, 0.3) is 0 Å². The summed E-state index contributed by atoms with van der Waals surface area (Å²) in [4.78, 5) is 11.5. The Morgan fingerprint density at radius 3 is 2.50 bits per heavy atom. The summed E-state index contributed by atoms with van der Waals surface area (Å²) in [6.07, 6.45) is 3.79. The molecule has 20 heavy (non-hydrogen) atoms. The van der Waals surface area contributed by atoms with Crippen LogP contribution in [-0.2, 0) is 0 Å². The molecule has 1 aliphatic heterocycles. The van der Waals surface area contributed by atoms with E-state index in [1.807, 2.05) is 43.3 Å². The van der Waals surface area contributed by atoms with Gasteiger partial charge in [0, 0.05) is 30.5 Å². The zero-order chi connectivity index (χ0) is 13.8. The van der Waals surface area contributed by atoms with Crippen LogP contribution in [0, 0.1) is 6.92 Å². The highest BCUT2D eigenvalue weighted by Crippen LogP contribution is 2.20. The third-order valence-corrected chi connectivity index (χ3v) is 3.53. The van der Waals surface area contributed by atoms with Crippen LogP contribution < -0.4 is 10.2 Å². The van der Waals surface area contributed by atoms with E-state index < -0.39 is 0 Å². The van der Waals surface area contributed by atoms with Crippen LogP contribution in [0.2, 0.25) is 0 Å². The molecular weight excluding hydrogens is 248 g/mol. The molecule has 3 rings (SSSR count). The number of aromatic nitrogens is 2. The molecule has 1 aromatic heterocycles. The van der Waals surface area contributed by atoms with Gasteiger partial charge >= 0.3 is 0 Å². The van der Waals surface area contributed by atoms with Crippen LogP contribution >= 0.6 is 0 Å². The number of hydrogen-bond donors (Lipinski definition) is 1. The van der Waals surface area contributed by atoms with Gasteiger partial charge in [-0.25, -0.2) is 4.98 Å². The first-order chi connectivity index (χ1) is 9.81. The average Bonchev–Trinajstić information content (AvgIpc) is 2.49. The molecule has 1 aliphatic rings. The summed E-state index contributed by atoms with van der Waals surface area (Å²) in [7, 11) is 0. The van der Waals surface area contributed by atoms with E-state index in [-0.39, 0.29) is 0 Å². The first kappa shape index (κ1) is 12.9. The van der Waals surface area contributed by atoms with Gasteiger partial charge in [0.2, 0.25) is 5.95 Å². The zero-order valence-corrected chi connectivity index (χ0v) is 11.8. The monoisotopic (exact) mass is 268 g/mol. The number of piperidine rings is 1. The quantitative estimate of drug-likeness (QED) is 0.924. The van der Waals surface area contributed by atoms with Gasteiger partial charge < -0.3 is 10.2 Å². The van der Waals surface area contributed by atoms with E-state index in [2.05, 4.69) is 20.2 Å². The van der Waals surface area contributed by atoms with Crippen molar-refractivity contribution in [3.05, 3.63) is 42.1 Å². The number of para-hydroxylation sites is 1. The summed E-state index contributed by atoms with van der Waals surface area (Å²) in [5.41, 5.74) is 2.05. The third-order valence-electron chi connectivity index (χ3n) is 3.53. The van der Waals surface area contributed by atoms with E-state index in [4.69, 9.17) is 0 Å². The Kier molecular flexibility index (Phi) is 3.81. The van der Waals surface area contributed by atoms with Crippen LogP contribution in [0.4, 0.5) is 17.5 Å². The standard InChI is InChI=1S/C16H20N4/c1-13-12-15(18-14-8-4-2-5-9-14)19-16(17-13)20-10-6-3-7-11-20/h2,4-5,8-9,12H,3,6-7,10-11H2,1H3,(H,17,18,19). The maximum atomic E-state index is 4.66. The van der Waals surface area contributed by atoms with Gasteiger partial charge in [0.05, 0.1) is 0 Å². The van der Waals surface area contributed by atoms with Gasteiger partial charge in [-0.05, 0) is 38.3 Å². The molecule has 0 saturated carbocycles. The van der Waals surface area contributed by atoms with Crippen LogP contribution in [0.3, 0.4) is 0 Å². The summed E-state index contributed by atoms with van der Waals surface area (Å²) in [5, 5.41) is 3.35. The van der Waals surface area contributed by atoms with E-state index in [0.717, 1.165) is 36.2 Å². The molecule has 4 heteroatoms. The smallest absolute Gasteiger partial charge is 0.227 e. The van der Waals surface area contributed by atoms with Gasteiger partial charge in [-0.1, -0.05) is 18.2 Å². The van der Waals surface area contributed by atoms with Crippen LogP contribution in [0.1, 0.15) is 25.0 Å². The minimum Gasteiger partial charge on any atom is -0.341 e. The Labute approximate surface area is 119 Å². The van der Waals surface area contributed by atoms with E-state index in [0.29, 0.717) is 0 Å². The van der Waals surface area contributed by atoms with E-state index in [9.17, 15) is 0 Å². The molecule has 0 bridgehead atoms. The second-order valence-electron chi connectivity index (χ2n) is 5.23. The van der Waals surface area contributed by atoms with Crippen LogP contribution in [0.15, 0.2) is 36.4 Å². The summed E-state index contributed by atoms with van der Waals surface area (Å²) in [5.74, 6) is 1.72. The van der Waals surface area contributed by atoms with Crippen molar-refractivity contribution in [1.29, 1.82) is 0 Å². The molecule has 0 aliphatic carbocycles. The second kappa shape index (κ2) is 5.90. The lowest BCUT2D eigenvalue weighted by Gasteiger charge is -2.27. The van der Waals surface area contributed by atoms with Crippen molar-refractivity contribution < 1.29 is 0 Å². The van der Waals surface area contributed by atoms with Crippen molar-refractivity contribution >= 4 is 17.5 Å². The fourth-order valence-electron chi connectivity index (χ4n) is 2.52. The Balaban J connectivity index is 1.82. The Bertz CT molecular complexity index is 562. The van der Waals surface area contributed by atoms with E-state index >= 15 is 0 Å². The second-order valence-corrected chi connectivity index (χ2v) is 5.23. The predicted molar refractivity (Wildman–Crippen MR) is 82.6 cm³/mol. The normalized spacial score (nSPS) is 15.2. The maximum Gasteiger partial charge on any atom is 0.227 e. The molecule has 2 heterocycles. The number of hydrogen-bond acceptors (Lipinski definition) is 4. The number of benzene rings is 1. The van der Waals surface area contributed by atoms with Gasteiger partial charge in [-0.3, -0.25) is 0 Å².